The molecule has 1 heterocycles. The molecule has 0 bridgehead atoms. The Hall–Kier alpha value is -4.89. The SMILES string of the molecule is COc1ccccc1NC(=O)C(C)Sc1cccc(NC(=O)/C(=C/c2cccnc2)NC(=O)c2ccccc2)c1. The Bertz CT molecular complexity index is 1510. The molecule has 202 valence electrons. The van der Waals surface area contributed by atoms with Crippen LogP contribution in [0.4, 0.5) is 11.4 Å². The molecule has 0 aliphatic rings. The number of carbonyl (C=O) groups excluding carboxylic acids is 3. The predicted molar refractivity (Wildman–Crippen MR) is 158 cm³/mol. The Balaban J connectivity index is 1.46. The van der Waals surface area contributed by atoms with Crippen LogP contribution >= 0.6 is 11.8 Å². The van der Waals surface area contributed by atoms with E-state index in [0.717, 1.165) is 4.90 Å². The zero-order valence-corrected chi connectivity index (χ0v) is 22.8. The standard InChI is InChI=1S/C31H28N4O4S/c1-21(29(36)34-26-15-6-7-16-28(26)39-2)40-25-14-8-13-24(19-25)33-31(38)27(18-22-10-9-17-32-20-22)35-30(37)23-11-4-3-5-12-23/h3-21H,1-2H3,(H,33,38)(H,34,36)(H,35,37)/b27-18-. The Morgan fingerprint density at radius 3 is 2.42 bits per heavy atom. The summed E-state index contributed by atoms with van der Waals surface area (Å²) in [6, 6.07) is 26.5. The van der Waals surface area contributed by atoms with Crippen molar-refractivity contribution in [2.24, 2.45) is 0 Å². The summed E-state index contributed by atoms with van der Waals surface area (Å²) in [5.41, 5.74) is 2.24. The number of thioether (sulfide) groups is 1. The lowest BCUT2D eigenvalue weighted by Crippen LogP contribution is -2.30. The average Bonchev–Trinajstić information content (AvgIpc) is 2.98. The van der Waals surface area contributed by atoms with Crippen LogP contribution in [0.1, 0.15) is 22.8 Å². The first-order chi connectivity index (χ1) is 19.4. The van der Waals surface area contributed by atoms with Crippen LogP contribution in [0.5, 0.6) is 5.75 Å². The second-order valence-electron chi connectivity index (χ2n) is 8.60. The number of benzene rings is 3. The number of anilines is 2. The molecule has 0 fully saturated rings. The summed E-state index contributed by atoms with van der Waals surface area (Å²) in [6.07, 6.45) is 4.78. The second-order valence-corrected chi connectivity index (χ2v) is 10.0. The molecule has 0 spiro atoms. The van der Waals surface area contributed by atoms with Gasteiger partial charge < -0.3 is 20.7 Å². The van der Waals surface area contributed by atoms with Crippen LogP contribution in [0.15, 0.2) is 114 Å². The fourth-order valence-corrected chi connectivity index (χ4v) is 4.58. The van der Waals surface area contributed by atoms with Crippen LogP contribution in [-0.2, 0) is 9.59 Å². The topological polar surface area (TPSA) is 109 Å². The summed E-state index contributed by atoms with van der Waals surface area (Å²) in [6.45, 7) is 1.80. The smallest absolute Gasteiger partial charge is 0.272 e. The van der Waals surface area contributed by atoms with Gasteiger partial charge in [0.1, 0.15) is 11.4 Å². The van der Waals surface area contributed by atoms with Gasteiger partial charge in [-0.2, -0.15) is 0 Å². The number of para-hydroxylation sites is 2. The normalized spacial score (nSPS) is 11.7. The molecule has 9 heteroatoms. The third-order valence-electron chi connectivity index (χ3n) is 5.66. The molecule has 3 N–H and O–H groups in total. The molecule has 0 aliphatic heterocycles. The molecule has 0 aliphatic carbocycles. The van der Waals surface area contributed by atoms with Crippen molar-refractivity contribution in [3.63, 3.8) is 0 Å². The molecule has 1 aromatic heterocycles. The zero-order valence-electron chi connectivity index (χ0n) is 22.0. The summed E-state index contributed by atoms with van der Waals surface area (Å²) >= 11 is 1.35. The van der Waals surface area contributed by atoms with Crippen LogP contribution < -0.4 is 20.7 Å². The number of carbonyl (C=O) groups is 3. The lowest BCUT2D eigenvalue weighted by Gasteiger charge is -2.15. The number of hydrogen-bond donors (Lipinski definition) is 3. The van der Waals surface area contributed by atoms with Gasteiger partial charge in [-0.25, -0.2) is 0 Å². The van der Waals surface area contributed by atoms with E-state index in [0.29, 0.717) is 28.3 Å². The number of amides is 3. The fraction of sp³-hybridized carbons (Fsp3) is 0.0968. The van der Waals surface area contributed by atoms with Gasteiger partial charge in [0, 0.05) is 28.5 Å². The van der Waals surface area contributed by atoms with Crippen molar-refractivity contribution in [1.29, 1.82) is 0 Å². The molecule has 3 amide bonds. The van der Waals surface area contributed by atoms with Gasteiger partial charge in [0.25, 0.3) is 11.8 Å². The molecule has 4 rings (SSSR count). The van der Waals surface area contributed by atoms with Crippen molar-refractivity contribution in [3.05, 3.63) is 120 Å². The van der Waals surface area contributed by atoms with Gasteiger partial charge in [-0.05, 0) is 67.1 Å². The van der Waals surface area contributed by atoms with Crippen LogP contribution in [0.2, 0.25) is 0 Å². The second kappa shape index (κ2) is 13.8. The van der Waals surface area contributed by atoms with Crippen LogP contribution in [0, 0.1) is 0 Å². The van der Waals surface area contributed by atoms with Crippen molar-refractivity contribution >= 4 is 46.9 Å². The van der Waals surface area contributed by atoms with E-state index < -0.39 is 17.1 Å². The minimum Gasteiger partial charge on any atom is -0.495 e. The maximum atomic E-state index is 13.3. The Kier molecular flexibility index (Phi) is 9.68. The molecule has 1 unspecified atom stereocenters. The monoisotopic (exact) mass is 552 g/mol. The van der Waals surface area contributed by atoms with E-state index in [9.17, 15) is 14.4 Å². The molecular formula is C31H28N4O4S. The largest absolute Gasteiger partial charge is 0.495 e. The highest BCUT2D eigenvalue weighted by Crippen LogP contribution is 2.29. The highest BCUT2D eigenvalue weighted by molar-refractivity contribution is 8.00. The first-order valence-corrected chi connectivity index (χ1v) is 13.3. The Morgan fingerprint density at radius 1 is 0.900 bits per heavy atom. The summed E-state index contributed by atoms with van der Waals surface area (Å²) < 4.78 is 5.31. The first kappa shape index (κ1) is 28.1. The van der Waals surface area contributed by atoms with E-state index in [1.165, 1.54) is 11.8 Å². The number of ether oxygens (including phenoxy) is 1. The maximum absolute atomic E-state index is 13.3. The van der Waals surface area contributed by atoms with Crippen molar-refractivity contribution in [1.82, 2.24) is 10.3 Å². The fourth-order valence-electron chi connectivity index (χ4n) is 3.66. The van der Waals surface area contributed by atoms with Crippen LogP contribution in [0.25, 0.3) is 6.08 Å². The van der Waals surface area contributed by atoms with Gasteiger partial charge in [0.15, 0.2) is 0 Å². The van der Waals surface area contributed by atoms with Crippen molar-refractivity contribution in [2.75, 3.05) is 17.7 Å². The quantitative estimate of drug-likeness (QED) is 0.174. The number of nitrogens with one attached hydrogen (secondary N) is 3. The molecule has 8 nitrogen and oxygen atoms in total. The van der Waals surface area contributed by atoms with Gasteiger partial charge in [-0.15, -0.1) is 11.8 Å². The Morgan fingerprint density at radius 2 is 1.68 bits per heavy atom. The third kappa shape index (κ3) is 7.81. The number of methoxy groups -OCH3 is 1. The molecular weight excluding hydrogens is 524 g/mol. The third-order valence-corrected chi connectivity index (χ3v) is 6.76. The summed E-state index contributed by atoms with van der Waals surface area (Å²) in [4.78, 5) is 43.8. The van der Waals surface area contributed by atoms with Crippen molar-refractivity contribution in [3.8, 4) is 5.75 Å². The van der Waals surface area contributed by atoms with Gasteiger partial charge in [-0.1, -0.05) is 42.5 Å². The molecule has 0 saturated carbocycles. The minimum absolute atomic E-state index is 0.0597. The number of pyridine rings is 1. The Labute approximate surface area is 236 Å². The minimum atomic E-state index is -0.503. The lowest BCUT2D eigenvalue weighted by molar-refractivity contribution is -0.115. The summed E-state index contributed by atoms with van der Waals surface area (Å²) in [5.74, 6) is -0.524. The van der Waals surface area contributed by atoms with Gasteiger partial charge >= 0.3 is 0 Å². The van der Waals surface area contributed by atoms with Crippen LogP contribution in [0.3, 0.4) is 0 Å². The highest BCUT2D eigenvalue weighted by Gasteiger charge is 2.18. The predicted octanol–water partition coefficient (Wildman–Crippen LogP) is 5.62. The van der Waals surface area contributed by atoms with Crippen LogP contribution in [-0.4, -0.2) is 35.1 Å². The molecule has 0 radical (unpaired) electrons. The lowest BCUT2D eigenvalue weighted by atomic mass is 10.2. The number of hydrogen-bond acceptors (Lipinski definition) is 6. The molecule has 0 saturated heterocycles. The number of rotatable bonds is 10. The molecule has 3 aromatic carbocycles. The van der Waals surface area contributed by atoms with E-state index >= 15 is 0 Å². The number of nitrogens with zero attached hydrogens (tertiary/aromatic N) is 1. The first-order valence-electron chi connectivity index (χ1n) is 12.4. The van der Waals surface area contributed by atoms with E-state index in [2.05, 4.69) is 20.9 Å². The summed E-state index contributed by atoms with van der Waals surface area (Å²) in [7, 11) is 1.55. The number of aromatic nitrogens is 1. The van der Waals surface area contributed by atoms with Gasteiger partial charge in [0.2, 0.25) is 5.91 Å². The molecule has 1 atom stereocenters. The summed E-state index contributed by atoms with van der Waals surface area (Å²) in [5, 5.41) is 8.02. The van der Waals surface area contributed by atoms with E-state index in [1.807, 2.05) is 24.3 Å². The van der Waals surface area contributed by atoms with E-state index in [1.54, 1.807) is 99.2 Å². The van der Waals surface area contributed by atoms with Gasteiger partial charge in [0.05, 0.1) is 18.0 Å². The zero-order chi connectivity index (χ0) is 28.3. The van der Waals surface area contributed by atoms with Crippen molar-refractivity contribution in [2.45, 2.75) is 17.1 Å². The highest BCUT2D eigenvalue weighted by atomic mass is 32.2. The average molecular weight is 553 g/mol. The molecule has 4 aromatic rings. The van der Waals surface area contributed by atoms with Crippen molar-refractivity contribution < 1.29 is 19.1 Å². The van der Waals surface area contributed by atoms with E-state index in [4.69, 9.17) is 4.74 Å². The van der Waals surface area contributed by atoms with E-state index in [-0.39, 0.29) is 11.6 Å². The maximum Gasteiger partial charge on any atom is 0.272 e. The molecule has 40 heavy (non-hydrogen) atoms. The van der Waals surface area contributed by atoms with Gasteiger partial charge in [-0.3, -0.25) is 19.4 Å².